The Balaban J connectivity index is 1.89. The molecule has 0 saturated heterocycles. The van der Waals surface area contributed by atoms with Crippen molar-refractivity contribution in [2.24, 2.45) is 0 Å². The minimum atomic E-state index is -3.36. The van der Waals surface area contributed by atoms with Gasteiger partial charge in [0.2, 0.25) is 0 Å². The summed E-state index contributed by atoms with van der Waals surface area (Å²) in [5.74, 6) is 0.496. The van der Waals surface area contributed by atoms with Gasteiger partial charge in [-0.2, -0.15) is 0 Å². The van der Waals surface area contributed by atoms with Crippen LogP contribution in [0.5, 0.6) is 5.75 Å². The third-order valence-corrected chi connectivity index (χ3v) is 5.26. The van der Waals surface area contributed by atoms with Crippen molar-refractivity contribution in [3.05, 3.63) is 59.2 Å². The van der Waals surface area contributed by atoms with E-state index < -0.39 is 9.84 Å². The van der Waals surface area contributed by atoms with Crippen molar-refractivity contribution in [1.82, 2.24) is 5.32 Å². The van der Waals surface area contributed by atoms with E-state index in [9.17, 15) is 13.2 Å². The van der Waals surface area contributed by atoms with Crippen LogP contribution >= 0.6 is 0 Å². The van der Waals surface area contributed by atoms with Crippen LogP contribution in [-0.4, -0.2) is 27.2 Å². The zero-order chi connectivity index (χ0) is 17.3. The number of hydrogen-bond donors (Lipinski definition) is 1. The number of nitrogens with one attached hydrogen (secondary N) is 1. The molecule has 0 aliphatic carbocycles. The Morgan fingerprint density at radius 3 is 2.71 bits per heavy atom. The summed E-state index contributed by atoms with van der Waals surface area (Å²) in [5.41, 5.74) is 2.05. The lowest BCUT2D eigenvalue weighted by molar-refractivity contribution is 0.0924. The number of rotatable bonds is 3. The van der Waals surface area contributed by atoms with Gasteiger partial charge in [0.25, 0.3) is 5.91 Å². The fourth-order valence-corrected chi connectivity index (χ4v) is 3.45. The zero-order valence-corrected chi connectivity index (χ0v) is 14.4. The Kier molecular flexibility index (Phi) is 4.32. The van der Waals surface area contributed by atoms with Crippen LogP contribution in [0.3, 0.4) is 0 Å². The van der Waals surface area contributed by atoms with Crippen molar-refractivity contribution < 1.29 is 17.9 Å². The summed E-state index contributed by atoms with van der Waals surface area (Å²) in [7, 11) is -3.36. The van der Waals surface area contributed by atoms with Crippen molar-refractivity contribution in [2.75, 3.05) is 12.9 Å². The van der Waals surface area contributed by atoms with Crippen LogP contribution in [-0.2, 0) is 9.84 Å². The molecule has 24 heavy (non-hydrogen) atoms. The average Bonchev–Trinajstić information content (AvgIpc) is 2.54. The number of fused-ring (bicyclic) bond motifs is 1. The SMILES string of the molecule is Cc1ccc(S(C)(=O)=O)cc1C(=O)N[C@H]1CCOc2ccccc21. The van der Waals surface area contributed by atoms with Crippen molar-refractivity contribution in [1.29, 1.82) is 0 Å². The van der Waals surface area contributed by atoms with Crippen LogP contribution in [0.1, 0.15) is 33.9 Å². The first-order valence-corrected chi connectivity index (χ1v) is 9.59. The lowest BCUT2D eigenvalue weighted by Crippen LogP contribution is -2.32. The number of carbonyl (C=O) groups is 1. The van der Waals surface area contributed by atoms with Gasteiger partial charge in [0, 0.05) is 23.8 Å². The van der Waals surface area contributed by atoms with E-state index in [4.69, 9.17) is 4.74 Å². The topological polar surface area (TPSA) is 72.5 Å². The van der Waals surface area contributed by atoms with E-state index in [1.54, 1.807) is 13.0 Å². The molecule has 3 rings (SSSR count). The first-order valence-electron chi connectivity index (χ1n) is 7.69. The van der Waals surface area contributed by atoms with Crippen LogP contribution < -0.4 is 10.1 Å². The molecule has 5 nitrogen and oxygen atoms in total. The number of carbonyl (C=O) groups excluding carboxylic acids is 1. The highest BCUT2D eigenvalue weighted by molar-refractivity contribution is 7.90. The van der Waals surface area contributed by atoms with Gasteiger partial charge in [-0.1, -0.05) is 24.3 Å². The van der Waals surface area contributed by atoms with Crippen molar-refractivity contribution >= 4 is 15.7 Å². The van der Waals surface area contributed by atoms with E-state index in [0.29, 0.717) is 18.6 Å². The number of ether oxygens (including phenoxy) is 1. The summed E-state index contributed by atoms with van der Waals surface area (Å²) >= 11 is 0. The Morgan fingerprint density at radius 1 is 1.21 bits per heavy atom. The van der Waals surface area contributed by atoms with Gasteiger partial charge in [0.1, 0.15) is 5.75 Å². The summed E-state index contributed by atoms with van der Waals surface area (Å²) in [5, 5.41) is 3.00. The Morgan fingerprint density at radius 2 is 1.96 bits per heavy atom. The van der Waals surface area contributed by atoms with Crippen LogP contribution in [0.4, 0.5) is 0 Å². The third kappa shape index (κ3) is 3.28. The fourth-order valence-electron chi connectivity index (χ4n) is 2.80. The van der Waals surface area contributed by atoms with Gasteiger partial charge in [-0.3, -0.25) is 4.79 Å². The molecule has 0 saturated carbocycles. The van der Waals surface area contributed by atoms with Gasteiger partial charge in [-0.15, -0.1) is 0 Å². The average molecular weight is 345 g/mol. The Bertz CT molecular complexity index is 890. The maximum atomic E-state index is 12.7. The first-order chi connectivity index (χ1) is 11.4. The van der Waals surface area contributed by atoms with Gasteiger partial charge >= 0.3 is 0 Å². The predicted octanol–water partition coefficient (Wildman–Crippen LogP) is 2.65. The quantitative estimate of drug-likeness (QED) is 0.928. The van der Waals surface area contributed by atoms with Crippen LogP contribution in [0.15, 0.2) is 47.4 Å². The standard InChI is InChI=1S/C18H19NO4S/c1-12-7-8-13(24(2,21)22)11-15(12)18(20)19-16-9-10-23-17-6-4-3-5-14(16)17/h3-8,11,16H,9-10H2,1-2H3,(H,19,20)/t16-/m0/s1. The summed E-state index contributed by atoms with van der Waals surface area (Å²) < 4.78 is 29.0. The number of amides is 1. The molecule has 1 atom stereocenters. The molecule has 0 aromatic heterocycles. The largest absolute Gasteiger partial charge is 0.493 e. The van der Waals surface area contributed by atoms with E-state index in [0.717, 1.165) is 23.1 Å². The monoisotopic (exact) mass is 345 g/mol. The number of hydrogen-bond acceptors (Lipinski definition) is 4. The molecule has 126 valence electrons. The smallest absolute Gasteiger partial charge is 0.252 e. The Labute approximate surface area is 141 Å². The number of para-hydroxylation sites is 1. The molecule has 2 aromatic carbocycles. The highest BCUT2D eigenvalue weighted by Gasteiger charge is 2.24. The molecule has 1 N–H and O–H groups in total. The van der Waals surface area contributed by atoms with Crippen molar-refractivity contribution in [2.45, 2.75) is 24.3 Å². The lowest BCUT2D eigenvalue weighted by Gasteiger charge is -2.26. The molecule has 0 bridgehead atoms. The molecular weight excluding hydrogens is 326 g/mol. The molecule has 0 unspecified atom stereocenters. The van der Waals surface area contributed by atoms with E-state index >= 15 is 0 Å². The molecular formula is C18H19NO4S. The maximum Gasteiger partial charge on any atom is 0.252 e. The van der Waals surface area contributed by atoms with Crippen LogP contribution in [0, 0.1) is 6.92 Å². The van der Waals surface area contributed by atoms with Crippen LogP contribution in [0.25, 0.3) is 0 Å². The molecule has 0 spiro atoms. The second-order valence-electron chi connectivity index (χ2n) is 5.95. The molecule has 1 aliphatic heterocycles. The van der Waals surface area contributed by atoms with E-state index in [2.05, 4.69) is 5.32 Å². The van der Waals surface area contributed by atoms with Crippen LogP contribution in [0.2, 0.25) is 0 Å². The second-order valence-corrected chi connectivity index (χ2v) is 7.97. The lowest BCUT2D eigenvalue weighted by atomic mass is 9.99. The second kappa shape index (κ2) is 6.28. The third-order valence-electron chi connectivity index (χ3n) is 4.15. The number of aryl methyl sites for hydroxylation is 1. The van der Waals surface area contributed by atoms with Gasteiger partial charge in [0.05, 0.1) is 17.5 Å². The number of benzene rings is 2. The highest BCUT2D eigenvalue weighted by atomic mass is 32.2. The van der Waals surface area contributed by atoms with E-state index in [1.807, 2.05) is 24.3 Å². The summed E-state index contributed by atoms with van der Waals surface area (Å²) in [4.78, 5) is 12.8. The zero-order valence-electron chi connectivity index (χ0n) is 13.6. The van der Waals surface area contributed by atoms with Crippen molar-refractivity contribution in [3.8, 4) is 5.75 Å². The minimum Gasteiger partial charge on any atom is -0.493 e. The fraction of sp³-hybridized carbons (Fsp3) is 0.278. The normalized spacial score (nSPS) is 16.8. The summed E-state index contributed by atoms with van der Waals surface area (Å²) in [6.07, 6.45) is 1.81. The molecule has 2 aromatic rings. The molecule has 1 heterocycles. The van der Waals surface area contributed by atoms with Gasteiger partial charge in [-0.05, 0) is 30.7 Å². The highest BCUT2D eigenvalue weighted by Crippen LogP contribution is 2.31. The summed E-state index contributed by atoms with van der Waals surface area (Å²) in [6, 6.07) is 12.1. The van der Waals surface area contributed by atoms with Gasteiger partial charge in [-0.25, -0.2) is 8.42 Å². The van der Waals surface area contributed by atoms with E-state index in [1.165, 1.54) is 12.1 Å². The maximum absolute atomic E-state index is 12.7. The predicted molar refractivity (Wildman–Crippen MR) is 91.1 cm³/mol. The molecule has 0 fully saturated rings. The van der Waals surface area contributed by atoms with Crippen molar-refractivity contribution in [3.63, 3.8) is 0 Å². The van der Waals surface area contributed by atoms with Gasteiger partial charge < -0.3 is 10.1 Å². The summed E-state index contributed by atoms with van der Waals surface area (Å²) in [6.45, 7) is 2.32. The van der Waals surface area contributed by atoms with Gasteiger partial charge in [0.15, 0.2) is 9.84 Å². The molecule has 1 amide bonds. The number of sulfone groups is 1. The van der Waals surface area contributed by atoms with E-state index in [-0.39, 0.29) is 16.8 Å². The first kappa shape index (κ1) is 16.5. The minimum absolute atomic E-state index is 0.144. The molecule has 1 aliphatic rings. The molecule has 6 heteroatoms. The molecule has 0 radical (unpaired) electrons. The Hall–Kier alpha value is -2.34.